The first-order valence-electron chi connectivity index (χ1n) is 6.64. The fourth-order valence-electron chi connectivity index (χ4n) is 2.84. The van der Waals surface area contributed by atoms with Crippen LogP contribution in [0.4, 0.5) is 0 Å². The Balaban J connectivity index is 2.26. The van der Waals surface area contributed by atoms with E-state index in [1.54, 1.807) is 0 Å². The number of ether oxygens (including phenoxy) is 1. The van der Waals surface area contributed by atoms with Gasteiger partial charge in [0.05, 0.1) is 6.61 Å². The van der Waals surface area contributed by atoms with Gasteiger partial charge in [0, 0.05) is 6.42 Å². The lowest BCUT2D eigenvalue weighted by molar-refractivity contribution is -0.143. The average molecular weight is 226 g/mol. The maximum Gasteiger partial charge on any atom is 0.305 e. The molecule has 0 amide bonds. The van der Waals surface area contributed by atoms with Gasteiger partial charge >= 0.3 is 5.97 Å². The third-order valence-electron chi connectivity index (χ3n) is 4.51. The molecule has 0 aromatic rings. The molecule has 16 heavy (non-hydrogen) atoms. The zero-order chi connectivity index (χ0) is 12.2. The molecule has 2 heteroatoms. The summed E-state index contributed by atoms with van der Waals surface area (Å²) >= 11 is 0. The third-order valence-corrected chi connectivity index (χ3v) is 4.51. The van der Waals surface area contributed by atoms with Crippen LogP contribution in [0.25, 0.3) is 0 Å². The minimum atomic E-state index is -0.0358. The van der Waals surface area contributed by atoms with Crippen molar-refractivity contribution < 1.29 is 9.53 Å². The number of carbonyl (C=O) groups excluding carboxylic acids is 1. The average Bonchev–Trinajstić information content (AvgIpc) is 2.45. The Bertz CT molecular complexity index is 233. The lowest BCUT2D eigenvalue weighted by Gasteiger charge is -2.31. The molecule has 2 nitrogen and oxygen atoms in total. The fourth-order valence-corrected chi connectivity index (χ4v) is 2.84. The molecule has 2 atom stereocenters. The van der Waals surface area contributed by atoms with Crippen LogP contribution in [-0.2, 0) is 9.53 Å². The standard InChI is InChI=1S/C14H26O2/c1-5-16-13(15)8-6-7-12-10-9-11(2)14(12,3)4/h11-12H,5-10H2,1-4H3. The Morgan fingerprint density at radius 3 is 2.56 bits per heavy atom. The van der Waals surface area contributed by atoms with Crippen LogP contribution in [0, 0.1) is 17.3 Å². The number of rotatable bonds is 5. The predicted octanol–water partition coefficient (Wildman–Crippen LogP) is 3.79. The summed E-state index contributed by atoms with van der Waals surface area (Å²) < 4.78 is 4.94. The zero-order valence-electron chi connectivity index (χ0n) is 11.2. The second-order valence-corrected chi connectivity index (χ2v) is 5.69. The first-order valence-corrected chi connectivity index (χ1v) is 6.64. The van der Waals surface area contributed by atoms with Gasteiger partial charge in [0.1, 0.15) is 0 Å². The van der Waals surface area contributed by atoms with Gasteiger partial charge in [-0.25, -0.2) is 0 Å². The Morgan fingerprint density at radius 1 is 1.38 bits per heavy atom. The summed E-state index contributed by atoms with van der Waals surface area (Å²) in [6, 6.07) is 0. The summed E-state index contributed by atoms with van der Waals surface area (Å²) in [6.45, 7) is 9.47. The van der Waals surface area contributed by atoms with Crippen molar-refractivity contribution in [1.82, 2.24) is 0 Å². The summed E-state index contributed by atoms with van der Waals surface area (Å²) in [6.07, 6.45) is 5.43. The van der Waals surface area contributed by atoms with Crippen molar-refractivity contribution >= 4 is 5.97 Å². The smallest absolute Gasteiger partial charge is 0.305 e. The predicted molar refractivity (Wildman–Crippen MR) is 66.2 cm³/mol. The molecule has 0 spiro atoms. The summed E-state index contributed by atoms with van der Waals surface area (Å²) in [4.78, 5) is 11.2. The van der Waals surface area contributed by atoms with E-state index in [-0.39, 0.29) is 5.97 Å². The van der Waals surface area contributed by atoms with Crippen LogP contribution >= 0.6 is 0 Å². The molecule has 1 rings (SSSR count). The maximum absolute atomic E-state index is 11.2. The highest BCUT2D eigenvalue weighted by atomic mass is 16.5. The van der Waals surface area contributed by atoms with Gasteiger partial charge < -0.3 is 4.74 Å². The van der Waals surface area contributed by atoms with E-state index in [1.165, 1.54) is 19.3 Å². The highest BCUT2D eigenvalue weighted by Crippen LogP contribution is 2.49. The van der Waals surface area contributed by atoms with Crippen LogP contribution < -0.4 is 0 Å². The SMILES string of the molecule is CCOC(=O)CCCC1CCC(C)C1(C)C. The van der Waals surface area contributed by atoms with Crippen LogP contribution in [-0.4, -0.2) is 12.6 Å². The number of esters is 1. The van der Waals surface area contributed by atoms with Gasteiger partial charge in [-0.15, -0.1) is 0 Å². The Labute approximate surface area is 99.8 Å². The molecule has 94 valence electrons. The largest absolute Gasteiger partial charge is 0.466 e. The molecule has 0 saturated heterocycles. The van der Waals surface area contributed by atoms with Crippen molar-refractivity contribution in [3.8, 4) is 0 Å². The highest BCUT2D eigenvalue weighted by Gasteiger charge is 2.39. The van der Waals surface area contributed by atoms with Crippen LogP contribution in [0.1, 0.15) is 59.8 Å². The van der Waals surface area contributed by atoms with Crippen molar-refractivity contribution in [2.75, 3.05) is 6.61 Å². The van der Waals surface area contributed by atoms with E-state index < -0.39 is 0 Å². The van der Waals surface area contributed by atoms with E-state index in [9.17, 15) is 4.79 Å². The van der Waals surface area contributed by atoms with Gasteiger partial charge in [-0.05, 0) is 49.9 Å². The van der Waals surface area contributed by atoms with Crippen LogP contribution in [0.15, 0.2) is 0 Å². The van der Waals surface area contributed by atoms with E-state index in [0.717, 1.165) is 18.3 Å². The van der Waals surface area contributed by atoms with E-state index >= 15 is 0 Å². The number of hydrogen-bond acceptors (Lipinski definition) is 2. The second-order valence-electron chi connectivity index (χ2n) is 5.69. The summed E-state index contributed by atoms with van der Waals surface area (Å²) in [5.41, 5.74) is 0.453. The summed E-state index contributed by atoms with van der Waals surface area (Å²) in [5, 5.41) is 0. The molecular formula is C14H26O2. The number of hydrogen-bond donors (Lipinski definition) is 0. The molecule has 1 aliphatic rings. The van der Waals surface area contributed by atoms with Gasteiger partial charge in [-0.3, -0.25) is 4.79 Å². The van der Waals surface area contributed by atoms with Crippen molar-refractivity contribution in [3.05, 3.63) is 0 Å². The maximum atomic E-state index is 11.2. The minimum Gasteiger partial charge on any atom is -0.466 e. The first kappa shape index (κ1) is 13.5. The molecule has 0 aliphatic heterocycles. The lowest BCUT2D eigenvalue weighted by atomic mass is 9.74. The molecule has 0 heterocycles. The lowest BCUT2D eigenvalue weighted by Crippen LogP contribution is -2.23. The van der Waals surface area contributed by atoms with E-state index in [4.69, 9.17) is 4.74 Å². The highest BCUT2D eigenvalue weighted by molar-refractivity contribution is 5.69. The van der Waals surface area contributed by atoms with Gasteiger partial charge in [0.15, 0.2) is 0 Å². The molecule has 2 unspecified atom stereocenters. The topological polar surface area (TPSA) is 26.3 Å². The van der Waals surface area contributed by atoms with Crippen molar-refractivity contribution in [3.63, 3.8) is 0 Å². The molecule has 1 fully saturated rings. The van der Waals surface area contributed by atoms with Gasteiger partial charge in [0.2, 0.25) is 0 Å². The number of carbonyl (C=O) groups is 1. The van der Waals surface area contributed by atoms with Crippen LogP contribution in [0.2, 0.25) is 0 Å². The third kappa shape index (κ3) is 3.23. The van der Waals surface area contributed by atoms with E-state index in [1.807, 2.05) is 6.92 Å². The van der Waals surface area contributed by atoms with E-state index in [0.29, 0.717) is 18.4 Å². The summed E-state index contributed by atoms with van der Waals surface area (Å²) in [5.74, 6) is 1.57. The van der Waals surface area contributed by atoms with Crippen molar-refractivity contribution in [2.24, 2.45) is 17.3 Å². The van der Waals surface area contributed by atoms with Gasteiger partial charge in [0.25, 0.3) is 0 Å². The summed E-state index contributed by atoms with van der Waals surface area (Å²) in [7, 11) is 0. The monoisotopic (exact) mass is 226 g/mol. The molecule has 1 aliphatic carbocycles. The normalized spacial score (nSPS) is 28.0. The quantitative estimate of drug-likeness (QED) is 0.667. The molecule has 0 bridgehead atoms. The zero-order valence-corrected chi connectivity index (χ0v) is 11.2. The van der Waals surface area contributed by atoms with Crippen molar-refractivity contribution in [1.29, 1.82) is 0 Å². The molecule has 1 saturated carbocycles. The first-order chi connectivity index (χ1) is 7.48. The Kier molecular flexibility index (Phi) is 4.82. The van der Waals surface area contributed by atoms with E-state index in [2.05, 4.69) is 20.8 Å². The van der Waals surface area contributed by atoms with Crippen LogP contribution in [0.3, 0.4) is 0 Å². The van der Waals surface area contributed by atoms with Crippen molar-refractivity contribution in [2.45, 2.75) is 59.8 Å². The van der Waals surface area contributed by atoms with Crippen LogP contribution in [0.5, 0.6) is 0 Å². The molecule has 0 aromatic carbocycles. The van der Waals surface area contributed by atoms with Gasteiger partial charge in [-0.2, -0.15) is 0 Å². The molecule has 0 N–H and O–H groups in total. The Morgan fingerprint density at radius 2 is 2.06 bits per heavy atom. The molecule has 0 aromatic heterocycles. The van der Waals surface area contributed by atoms with Gasteiger partial charge in [-0.1, -0.05) is 20.8 Å². The molecular weight excluding hydrogens is 200 g/mol. The second kappa shape index (κ2) is 5.70. The fraction of sp³-hybridized carbons (Fsp3) is 0.929. The molecule has 0 radical (unpaired) electrons. The Hall–Kier alpha value is -0.530. The minimum absolute atomic E-state index is 0.0358.